The molecule has 1 aromatic rings. The number of hydrogen-bond acceptors (Lipinski definition) is 2. The Morgan fingerprint density at radius 3 is 2.56 bits per heavy atom. The van der Waals surface area contributed by atoms with Crippen LogP contribution in [0, 0.1) is 0 Å². The predicted molar refractivity (Wildman–Crippen MR) is 69.2 cm³/mol. The second kappa shape index (κ2) is 4.74. The maximum atomic E-state index is 3.57. The fraction of sp³-hybridized carbons (Fsp3) is 0.538. The average Bonchev–Trinajstić information content (AvgIpc) is 2.31. The summed E-state index contributed by atoms with van der Waals surface area (Å²) < 4.78 is 0. The third kappa shape index (κ3) is 1.86. The van der Waals surface area contributed by atoms with Crippen molar-refractivity contribution in [2.24, 2.45) is 0 Å². The Morgan fingerprint density at radius 2 is 1.75 bits per heavy atom. The molecule has 2 aliphatic rings. The minimum Gasteiger partial charge on any atom is -0.317 e. The average molecular weight is 239 g/mol. The van der Waals surface area contributed by atoms with E-state index in [9.17, 15) is 0 Å². The van der Waals surface area contributed by atoms with Crippen molar-refractivity contribution in [3.8, 4) is 0 Å². The fourth-order valence-electron chi connectivity index (χ4n) is 3.07. The van der Waals surface area contributed by atoms with Crippen LogP contribution >= 0.6 is 12.4 Å². The Balaban J connectivity index is 0.000000963. The van der Waals surface area contributed by atoms with Crippen molar-refractivity contribution < 1.29 is 0 Å². The van der Waals surface area contributed by atoms with E-state index in [4.69, 9.17) is 0 Å². The van der Waals surface area contributed by atoms with Gasteiger partial charge in [-0.15, -0.1) is 12.4 Å². The molecule has 0 bridgehead atoms. The van der Waals surface area contributed by atoms with Crippen LogP contribution in [0.4, 0.5) is 0 Å². The van der Waals surface area contributed by atoms with Crippen molar-refractivity contribution >= 4 is 12.4 Å². The van der Waals surface area contributed by atoms with Crippen LogP contribution in [-0.2, 0) is 12.0 Å². The third-order valence-electron chi connectivity index (χ3n) is 3.93. The molecule has 0 amide bonds. The third-order valence-corrected chi connectivity index (χ3v) is 3.93. The molecule has 1 saturated heterocycles. The summed E-state index contributed by atoms with van der Waals surface area (Å²) in [4.78, 5) is 0. The van der Waals surface area contributed by atoms with Crippen LogP contribution in [0.2, 0.25) is 0 Å². The van der Waals surface area contributed by atoms with E-state index in [-0.39, 0.29) is 12.4 Å². The number of hydrogen-bond donors (Lipinski definition) is 2. The quantitative estimate of drug-likeness (QED) is 0.721. The summed E-state index contributed by atoms with van der Waals surface area (Å²) in [6.45, 7) is 4.53. The van der Waals surface area contributed by atoms with Crippen LogP contribution in [0.5, 0.6) is 0 Å². The molecular weight excluding hydrogens is 220 g/mol. The van der Waals surface area contributed by atoms with Crippen molar-refractivity contribution in [3.63, 3.8) is 0 Å². The smallest absolute Gasteiger partial charge is 0.0208 e. The molecule has 0 aliphatic carbocycles. The highest BCUT2D eigenvalue weighted by Crippen LogP contribution is 2.37. The van der Waals surface area contributed by atoms with Gasteiger partial charge in [0, 0.05) is 18.5 Å². The first-order chi connectivity index (χ1) is 7.41. The van der Waals surface area contributed by atoms with E-state index in [1.807, 2.05) is 0 Å². The molecule has 2 heterocycles. The molecule has 2 N–H and O–H groups in total. The van der Waals surface area contributed by atoms with E-state index >= 15 is 0 Å². The van der Waals surface area contributed by atoms with E-state index in [0.29, 0.717) is 5.41 Å². The van der Waals surface area contributed by atoms with Gasteiger partial charge in [0.05, 0.1) is 0 Å². The normalized spacial score (nSPS) is 22.2. The zero-order valence-electron chi connectivity index (χ0n) is 9.46. The number of halogens is 1. The van der Waals surface area contributed by atoms with Gasteiger partial charge in [-0.2, -0.15) is 0 Å². The summed E-state index contributed by atoms with van der Waals surface area (Å²) in [5.41, 5.74) is 3.52. The zero-order chi connectivity index (χ0) is 10.1. The first kappa shape index (κ1) is 11.9. The van der Waals surface area contributed by atoms with Gasteiger partial charge < -0.3 is 10.6 Å². The molecule has 1 fully saturated rings. The van der Waals surface area contributed by atoms with Crippen molar-refractivity contribution in [2.45, 2.75) is 24.8 Å². The molecule has 0 aromatic heterocycles. The Kier molecular flexibility index (Phi) is 3.53. The van der Waals surface area contributed by atoms with E-state index in [2.05, 4.69) is 34.9 Å². The molecule has 88 valence electrons. The first-order valence-electron chi connectivity index (χ1n) is 5.91. The largest absolute Gasteiger partial charge is 0.317 e. The van der Waals surface area contributed by atoms with Gasteiger partial charge in [0.15, 0.2) is 0 Å². The second-order valence-electron chi connectivity index (χ2n) is 4.79. The molecule has 2 aliphatic heterocycles. The van der Waals surface area contributed by atoms with Crippen molar-refractivity contribution in [2.75, 3.05) is 19.6 Å². The first-order valence-corrected chi connectivity index (χ1v) is 5.91. The minimum absolute atomic E-state index is 0. The van der Waals surface area contributed by atoms with E-state index in [1.165, 1.54) is 18.4 Å². The molecule has 3 heteroatoms. The summed E-state index contributed by atoms with van der Waals surface area (Å²) in [6.07, 6.45) is 2.55. The molecule has 0 saturated carbocycles. The lowest BCUT2D eigenvalue weighted by atomic mass is 9.70. The number of benzene rings is 1. The highest BCUT2D eigenvalue weighted by molar-refractivity contribution is 5.85. The molecule has 2 nitrogen and oxygen atoms in total. The minimum atomic E-state index is 0. The number of nitrogens with one attached hydrogen (secondary N) is 2. The molecule has 16 heavy (non-hydrogen) atoms. The van der Waals surface area contributed by atoms with Crippen molar-refractivity contribution in [3.05, 3.63) is 35.4 Å². The van der Waals surface area contributed by atoms with Crippen LogP contribution in [0.3, 0.4) is 0 Å². The Hall–Kier alpha value is -0.570. The highest BCUT2D eigenvalue weighted by Gasteiger charge is 2.37. The monoisotopic (exact) mass is 238 g/mol. The second-order valence-corrected chi connectivity index (χ2v) is 4.79. The van der Waals surface area contributed by atoms with Gasteiger partial charge >= 0.3 is 0 Å². The predicted octanol–water partition coefficient (Wildman–Crippen LogP) is 1.83. The fourth-order valence-corrected chi connectivity index (χ4v) is 3.07. The maximum absolute atomic E-state index is 3.57. The molecule has 0 radical (unpaired) electrons. The van der Waals surface area contributed by atoms with Gasteiger partial charge in [0.25, 0.3) is 0 Å². The maximum Gasteiger partial charge on any atom is 0.0208 e. The van der Waals surface area contributed by atoms with Crippen LogP contribution in [0.25, 0.3) is 0 Å². The molecule has 3 rings (SSSR count). The molecule has 1 spiro atoms. The lowest BCUT2D eigenvalue weighted by Crippen LogP contribution is -2.49. The molecule has 1 aromatic carbocycles. The van der Waals surface area contributed by atoms with E-state index < -0.39 is 0 Å². The number of rotatable bonds is 0. The van der Waals surface area contributed by atoms with Crippen LogP contribution in [0.15, 0.2) is 24.3 Å². The molecule has 0 unspecified atom stereocenters. The highest BCUT2D eigenvalue weighted by atomic mass is 35.5. The van der Waals surface area contributed by atoms with Gasteiger partial charge in [0.1, 0.15) is 0 Å². The van der Waals surface area contributed by atoms with Crippen molar-refractivity contribution in [1.29, 1.82) is 0 Å². The van der Waals surface area contributed by atoms with Crippen LogP contribution < -0.4 is 10.6 Å². The standard InChI is InChI=1S/C13H18N2.ClH/c1-2-4-12-11(3-1)9-15-10-13(12)5-7-14-8-6-13;/h1-4,14-15H,5-10H2;1H. The number of piperidine rings is 1. The summed E-state index contributed by atoms with van der Waals surface area (Å²) in [5.74, 6) is 0. The Labute approximate surface area is 103 Å². The van der Waals surface area contributed by atoms with Gasteiger partial charge in [-0.25, -0.2) is 0 Å². The van der Waals surface area contributed by atoms with Crippen LogP contribution in [0.1, 0.15) is 24.0 Å². The summed E-state index contributed by atoms with van der Waals surface area (Å²) in [5, 5.41) is 7.03. The Morgan fingerprint density at radius 1 is 1.00 bits per heavy atom. The van der Waals surface area contributed by atoms with Gasteiger partial charge in [-0.05, 0) is 37.1 Å². The Bertz CT molecular complexity index is 359. The number of fused-ring (bicyclic) bond motifs is 2. The SMILES string of the molecule is Cl.c1ccc2c(c1)CNCC21CCNCC1. The lowest BCUT2D eigenvalue weighted by molar-refractivity contribution is 0.277. The van der Waals surface area contributed by atoms with Crippen LogP contribution in [-0.4, -0.2) is 19.6 Å². The topological polar surface area (TPSA) is 24.1 Å². The summed E-state index contributed by atoms with van der Waals surface area (Å²) in [6, 6.07) is 8.95. The van der Waals surface area contributed by atoms with Crippen molar-refractivity contribution in [1.82, 2.24) is 10.6 Å². The molecule has 0 atom stereocenters. The van der Waals surface area contributed by atoms with Gasteiger partial charge in [-0.1, -0.05) is 24.3 Å². The summed E-state index contributed by atoms with van der Waals surface area (Å²) >= 11 is 0. The van der Waals surface area contributed by atoms with E-state index in [0.717, 1.165) is 26.2 Å². The van der Waals surface area contributed by atoms with Gasteiger partial charge in [-0.3, -0.25) is 0 Å². The molecular formula is C13H19ClN2. The van der Waals surface area contributed by atoms with E-state index in [1.54, 1.807) is 5.56 Å². The summed E-state index contributed by atoms with van der Waals surface area (Å²) in [7, 11) is 0. The lowest BCUT2D eigenvalue weighted by Gasteiger charge is -2.42. The zero-order valence-corrected chi connectivity index (χ0v) is 10.3. The van der Waals surface area contributed by atoms with Gasteiger partial charge in [0.2, 0.25) is 0 Å².